The lowest BCUT2D eigenvalue weighted by Gasteiger charge is -2.09. The Morgan fingerprint density at radius 3 is 2.33 bits per heavy atom. The highest BCUT2D eigenvalue weighted by Gasteiger charge is 2.01. The molecule has 0 aliphatic heterocycles. The summed E-state index contributed by atoms with van der Waals surface area (Å²) in [5, 5.41) is 0. The van der Waals surface area contributed by atoms with Gasteiger partial charge in [0.1, 0.15) is 11.1 Å². The average Bonchev–Trinajstić information content (AvgIpc) is 2.20. The first-order chi connectivity index (χ1) is 7.24. The van der Waals surface area contributed by atoms with Crippen LogP contribution in [0, 0.1) is 0 Å². The van der Waals surface area contributed by atoms with Gasteiger partial charge in [0.05, 0.1) is 6.61 Å². The number of para-hydroxylation sites is 2. The van der Waals surface area contributed by atoms with Crippen LogP contribution in [-0.2, 0) is 0 Å². The lowest BCUT2D eigenvalue weighted by molar-refractivity contribution is 0.297. The molecule has 0 heterocycles. The summed E-state index contributed by atoms with van der Waals surface area (Å²) in [6, 6.07) is 7.46. The Hall–Kier alpha value is -0.860. The van der Waals surface area contributed by atoms with E-state index in [1.807, 2.05) is 31.2 Å². The standard InChI is InChI=1S/C11H12Cl2O2/c1-2-14-9-5-3-4-6-10(9)15-8-7-11(12)13/h3-7H,2,8H2,1H3. The zero-order valence-corrected chi connectivity index (χ0v) is 9.89. The summed E-state index contributed by atoms with van der Waals surface area (Å²) in [7, 11) is 0. The topological polar surface area (TPSA) is 18.5 Å². The van der Waals surface area contributed by atoms with Gasteiger partial charge in [-0.2, -0.15) is 0 Å². The molecule has 0 fully saturated rings. The number of hydrogen-bond donors (Lipinski definition) is 0. The van der Waals surface area contributed by atoms with E-state index in [9.17, 15) is 0 Å². The van der Waals surface area contributed by atoms with E-state index in [4.69, 9.17) is 32.7 Å². The minimum Gasteiger partial charge on any atom is -0.490 e. The molecule has 0 amide bonds. The first kappa shape index (κ1) is 12.2. The summed E-state index contributed by atoms with van der Waals surface area (Å²) in [6.45, 7) is 2.85. The Morgan fingerprint density at radius 2 is 1.80 bits per heavy atom. The van der Waals surface area contributed by atoms with Crippen molar-refractivity contribution >= 4 is 23.2 Å². The highest BCUT2D eigenvalue weighted by atomic mass is 35.5. The normalized spacial score (nSPS) is 9.53. The van der Waals surface area contributed by atoms with Crippen molar-refractivity contribution in [3.05, 3.63) is 34.8 Å². The van der Waals surface area contributed by atoms with E-state index >= 15 is 0 Å². The molecule has 0 unspecified atom stereocenters. The molecule has 0 atom stereocenters. The molecule has 1 aromatic carbocycles. The fourth-order valence-electron chi connectivity index (χ4n) is 1.04. The zero-order valence-electron chi connectivity index (χ0n) is 8.37. The van der Waals surface area contributed by atoms with Crippen molar-refractivity contribution in [3.63, 3.8) is 0 Å². The van der Waals surface area contributed by atoms with Crippen LogP contribution in [0.25, 0.3) is 0 Å². The molecular weight excluding hydrogens is 235 g/mol. The van der Waals surface area contributed by atoms with Gasteiger partial charge >= 0.3 is 0 Å². The van der Waals surface area contributed by atoms with Crippen LogP contribution in [0.2, 0.25) is 0 Å². The summed E-state index contributed by atoms with van der Waals surface area (Å²) < 4.78 is 11.0. The van der Waals surface area contributed by atoms with Gasteiger partial charge in [-0.05, 0) is 25.1 Å². The van der Waals surface area contributed by atoms with Gasteiger partial charge in [0.2, 0.25) is 0 Å². The van der Waals surface area contributed by atoms with Crippen LogP contribution in [0.3, 0.4) is 0 Å². The predicted molar refractivity (Wildman–Crippen MR) is 62.9 cm³/mol. The van der Waals surface area contributed by atoms with Crippen LogP contribution in [0.15, 0.2) is 34.8 Å². The molecule has 1 aromatic rings. The lowest BCUT2D eigenvalue weighted by Crippen LogP contribution is -1.98. The van der Waals surface area contributed by atoms with E-state index in [1.54, 1.807) is 6.08 Å². The number of halogens is 2. The van der Waals surface area contributed by atoms with Crippen molar-refractivity contribution in [2.75, 3.05) is 13.2 Å². The summed E-state index contributed by atoms with van der Waals surface area (Å²) in [4.78, 5) is 0. The van der Waals surface area contributed by atoms with Crippen LogP contribution < -0.4 is 9.47 Å². The lowest BCUT2D eigenvalue weighted by atomic mass is 10.3. The second-order valence-electron chi connectivity index (χ2n) is 2.68. The molecule has 0 radical (unpaired) electrons. The molecule has 0 aliphatic rings. The van der Waals surface area contributed by atoms with Crippen LogP contribution >= 0.6 is 23.2 Å². The van der Waals surface area contributed by atoms with Crippen molar-refractivity contribution in [2.24, 2.45) is 0 Å². The van der Waals surface area contributed by atoms with E-state index < -0.39 is 0 Å². The maximum atomic E-state index is 5.46. The van der Waals surface area contributed by atoms with E-state index in [1.165, 1.54) is 0 Å². The van der Waals surface area contributed by atoms with Gasteiger partial charge in [-0.15, -0.1) is 0 Å². The van der Waals surface area contributed by atoms with E-state index in [2.05, 4.69) is 0 Å². The minimum absolute atomic E-state index is 0.198. The highest BCUT2D eigenvalue weighted by molar-refractivity contribution is 6.55. The van der Waals surface area contributed by atoms with Crippen molar-refractivity contribution in [1.82, 2.24) is 0 Å². The van der Waals surface area contributed by atoms with Gasteiger partial charge in [-0.25, -0.2) is 0 Å². The van der Waals surface area contributed by atoms with Crippen molar-refractivity contribution in [3.8, 4) is 11.5 Å². The Morgan fingerprint density at radius 1 is 1.20 bits per heavy atom. The van der Waals surface area contributed by atoms with Crippen LogP contribution in [-0.4, -0.2) is 13.2 Å². The molecule has 0 bridgehead atoms. The highest BCUT2D eigenvalue weighted by Crippen LogP contribution is 2.26. The molecule has 0 spiro atoms. The molecule has 2 nitrogen and oxygen atoms in total. The maximum absolute atomic E-state index is 5.46. The molecule has 0 aliphatic carbocycles. The smallest absolute Gasteiger partial charge is 0.161 e. The Labute approximate surface area is 99.4 Å². The number of hydrogen-bond acceptors (Lipinski definition) is 2. The fourth-order valence-corrected chi connectivity index (χ4v) is 1.16. The van der Waals surface area contributed by atoms with Gasteiger partial charge < -0.3 is 9.47 Å². The SMILES string of the molecule is CCOc1ccccc1OCC=C(Cl)Cl. The first-order valence-electron chi connectivity index (χ1n) is 4.59. The number of benzene rings is 1. The Bertz CT molecular complexity index is 333. The molecule has 0 N–H and O–H groups in total. The number of rotatable bonds is 5. The largest absolute Gasteiger partial charge is 0.490 e. The van der Waals surface area contributed by atoms with Gasteiger partial charge in [-0.3, -0.25) is 0 Å². The summed E-state index contributed by atoms with van der Waals surface area (Å²) in [5.74, 6) is 1.41. The van der Waals surface area contributed by atoms with Crippen LogP contribution in [0.4, 0.5) is 0 Å². The van der Waals surface area contributed by atoms with Crippen molar-refractivity contribution in [1.29, 1.82) is 0 Å². The minimum atomic E-state index is 0.198. The van der Waals surface area contributed by atoms with Gasteiger partial charge in [0.25, 0.3) is 0 Å². The Kier molecular flexibility index (Phi) is 5.37. The fraction of sp³-hybridized carbons (Fsp3) is 0.273. The van der Waals surface area contributed by atoms with E-state index in [0.29, 0.717) is 19.0 Å². The van der Waals surface area contributed by atoms with Crippen molar-refractivity contribution in [2.45, 2.75) is 6.92 Å². The quantitative estimate of drug-likeness (QED) is 0.788. The third kappa shape index (κ3) is 4.45. The predicted octanol–water partition coefficient (Wildman–Crippen LogP) is 3.78. The van der Waals surface area contributed by atoms with Gasteiger partial charge in [-0.1, -0.05) is 35.3 Å². The molecular formula is C11H12Cl2O2. The summed E-state index contributed by atoms with van der Waals surface area (Å²) in [6.07, 6.45) is 1.58. The molecule has 0 aromatic heterocycles. The second kappa shape index (κ2) is 6.59. The Balaban J connectivity index is 2.63. The van der Waals surface area contributed by atoms with Crippen LogP contribution in [0.1, 0.15) is 6.92 Å². The van der Waals surface area contributed by atoms with Crippen LogP contribution in [0.5, 0.6) is 11.5 Å². The molecule has 1 rings (SSSR count). The average molecular weight is 247 g/mol. The third-order valence-electron chi connectivity index (χ3n) is 1.63. The summed E-state index contributed by atoms with van der Waals surface area (Å²) in [5.41, 5.74) is 0. The second-order valence-corrected chi connectivity index (χ2v) is 3.69. The first-order valence-corrected chi connectivity index (χ1v) is 5.35. The summed E-state index contributed by atoms with van der Waals surface area (Å²) >= 11 is 10.9. The molecule has 82 valence electrons. The monoisotopic (exact) mass is 246 g/mol. The number of ether oxygens (including phenoxy) is 2. The van der Waals surface area contributed by atoms with Gasteiger partial charge in [0, 0.05) is 0 Å². The van der Waals surface area contributed by atoms with E-state index in [0.717, 1.165) is 5.75 Å². The van der Waals surface area contributed by atoms with Gasteiger partial charge in [0.15, 0.2) is 11.5 Å². The third-order valence-corrected chi connectivity index (χ3v) is 1.93. The molecule has 0 saturated heterocycles. The van der Waals surface area contributed by atoms with E-state index in [-0.39, 0.29) is 4.49 Å². The molecule has 15 heavy (non-hydrogen) atoms. The molecule has 4 heteroatoms. The molecule has 0 saturated carbocycles. The van der Waals surface area contributed by atoms with Crippen molar-refractivity contribution < 1.29 is 9.47 Å². The zero-order chi connectivity index (χ0) is 11.1. The maximum Gasteiger partial charge on any atom is 0.161 e.